The number of aromatic hydroxyl groups is 1. The zero-order valence-corrected chi connectivity index (χ0v) is 9.82. The van der Waals surface area contributed by atoms with E-state index in [0.29, 0.717) is 5.39 Å². The van der Waals surface area contributed by atoms with E-state index in [0.717, 1.165) is 0 Å². The van der Waals surface area contributed by atoms with Crippen LogP contribution in [0.25, 0.3) is 11.0 Å². The van der Waals surface area contributed by atoms with Gasteiger partial charge in [0.15, 0.2) is 14.7 Å². The molecule has 90 valence electrons. The van der Waals surface area contributed by atoms with Crippen LogP contribution >= 0.6 is 0 Å². The van der Waals surface area contributed by atoms with E-state index in [2.05, 4.69) is 0 Å². The van der Waals surface area contributed by atoms with Crippen molar-refractivity contribution in [3.05, 3.63) is 34.7 Å². The van der Waals surface area contributed by atoms with Gasteiger partial charge < -0.3 is 9.52 Å². The summed E-state index contributed by atoms with van der Waals surface area (Å²) in [6.45, 7) is 1.45. The van der Waals surface area contributed by atoms with Crippen LogP contribution in [0.5, 0.6) is 5.75 Å². The van der Waals surface area contributed by atoms with E-state index >= 15 is 0 Å². The molecular formula is C11H10O5S. The molecule has 0 aliphatic heterocycles. The van der Waals surface area contributed by atoms with E-state index in [1.54, 1.807) is 0 Å². The molecule has 2 rings (SSSR count). The van der Waals surface area contributed by atoms with Crippen molar-refractivity contribution in [2.24, 2.45) is 0 Å². The molecule has 17 heavy (non-hydrogen) atoms. The van der Waals surface area contributed by atoms with Crippen molar-refractivity contribution in [2.75, 3.05) is 5.75 Å². The summed E-state index contributed by atoms with van der Waals surface area (Å²) in [6.07, 6.45) is 0. The average molecular weight is 254 g/mol. The van der Waals surface area contributed by atoms with E-state index in [1.807, 2.05) is 0 Å². The Balaban J connectivity index is 2.82. The van der Waals surface area contributed by atoms with Gasteiger partial charge in [-0.25, -0.2) is 13.2 Å². The molecule has 0 bridgehead atoms. The van der Waals surface area contributed by atoms with Crippen molar-refractivity contribution < 1.29 is 17.9 Å². The predicted molar refractivity (Wildman–Crippen MR) is 61.9 cm³/mol. The molecule has 1 aromatic carbocycles. The van der Waals surface area contributed by atoms with Gasteiger partial charge in [0.2, 0.25) is 0 Å². The van der Waals surface area contributed by atoms with Crippen LogP contribution in [0.3, 0.4) is 0 Å². The van der Waals surface area contributed by atoms with Gasteiger partial charge in [-0.05, 0) is 18.2 Å². The van der Waals surface area contributed by atoms with Gasteiger partial charge in [-0.15, -0.1) is 0 Å². The number of phenols is 1. The molecule has 0 atom stereocenters. The third kappa shape index (κ3) is 2.03. The lowest BCUT2D eigenvalue weighted by atomic mass is 10.2. The van der Waals surface area contributed by atoms with Crippen LogP contribution in [0.4, 0.5) is 0 Å². The minimum Gasteiger partial charge on any atom is -0.508 e. The van der Waals surface area contributed by atoms with Crippen LogP contribution in [0.15, 0.2) is 38.4 Å². The average Bonchev–Trinajstić information content (AvgIpc) is 2.27. The van der Waals surface area contributed by atoms with Crippen LogP contribution in [-0.2, 0) is 9.84 Å². The van der Waals surface area contributed by atoms with Crippen LogP contribution < -0.4 is 5.63 Å². The minimum atomic E-state index is -3.60. The summed E-state index contributed by atoms with van der Waals surface area (Å²) in [6, 6.07) is 5.41. The van der Waals surface area contributed by atoms with Crippen LogP contribution in [0.1, 0.15) is 6.92 Å². The standard InChI is InChI=1S/C11H10O5S/c1-2-17(14,15)10-5-7-3-4-8(12)6-9(7)16-11(10)13/h3-6,12H,2H2,1H3. The van der Waals surface area contributed by atoms with E-state index in [1.165, 1.54) is 31.2 Å². The van der Waals surface area contributed by atoms with Crippen LogP contribution in [0, 0.1) is 0 Å². The predicted octanol–water partition coefficient (Wildman–Crippen LogP) is 1.29. The van der Waals surface area contributed by atoms with Crippen molar-refractivity contribution in [3.8, 4) is 5.75 Å². The summed E-state index contributed by atoms with van der Waals surface area (Å²) in [5.41, 5.74) is -0.755. The fourth-order valence-corrected chi connectivity index (χ4v) is 2.37. The lowest BCUT2D eigenvalue weighted by Gasteiger charge is -2.02. The lowest BCUT2D eigenvalue weighted by molar-refractivity contribution is 0.472. The molecule has 0 spiro atoms. The Morgan fingerprint density at radius 2 is 2.00 bits per heavy atom. The third-order valence-corrected chi connectivity index (χ3v) is 4.12. The Hall–Kier alpha value is -1.82. The van der Waals surface area contributed by atoms with Crippen molar-refractivity contribution in [1.82, 2.24) is 0 Å². The number of hydrogen-bond donors (Lipinski definition) is 1. The summed E-state index contributed by atoms with van der Waals surface area (Å²) in [5, 5.41) is 9.67. The van der Waals surface area contributed by atoms with E-state index in [4.69, 9.17) is 4.42 Å². The summed E-state index contributed by atoms with van der Waals surface area (Å²) in [5.74, 6) is -0.215. The normalized spacial score (nSPS) is 11.8. The first-order valence-corrected chi connectivity index (χ1v) is 6.59. The minimum absolute atomic E-state index is 0.0493. The van der Waals surface area contributed by atoms with Gasteiger partial charge in [-0.3, -0.25) is 0 Å². The molecule has 0 unspecified atom stereocenters. The van der Waals surface area contributed by atoms with E-state index in [9.17, 15) is 18.3 Å². The fourth-order valence-electron chi connectivity index (χ4n) is 1.45. The molecule has 2 aromatic rings. The van der Waals surface area contributed by atoms with Gasteiger partial charge >= 0.3 is 5.63 Å². The fraction of sp³-hybridized carbons (Fsp3) is 0.182. The Labute approximate surface area is 97.2 Å². The smallest absolute Gasteiger partial charge is 0.355 e. The molecule has 0 saturated heterocycles. The molecule has 6 heteroatoms. The molecule has 5 nitrogen and oxygen atoms in total. The number of hydrogen-bond acceptors (Lipinski definition) is 5. The highest BCUT2D eigenvalue weighted by molar-refractivity contribution is 7.91. The van der Waals surface area contributed by atoms with Gasteiger partial charge in [-0.1, -0.05) is 6.92 Å². The van der Waals surface area contributed by atoms with Crippen LogP contribution in [0.2, 0.25) is 0 Å². The number of benzene rings is 1. The van der Waals surface area contributed by atoms with Gasteiger partial charge in [0.25, 0.3) is 0 Å². The maximum absolute atomic E-state index is 11.6. The van der Waals surface area contributed by atoms with Crippen molar-refractivity contribution >= 4 is 20.8 Å². The number of sulfone groups is 1. The Bertz CT molecular complexity index is 727. The molecule has 0 radical (unpaired) electrons. The van der Waals surface area contributed by atoms with Crippen molar-refractivity contribution in [1.29, 1.82) is 0 Å². The molecule has 0 amide bonds. The van der Waals surface area contributed by atoms with Gasteiger partial charge in [0.1, 0.15) is 11.3 Å². The monoisotopic (exact) mass is 254 g/mol. The lowest BCUT2D eigenvalue weighted by Crippen LogP contribution is -2.15. The number of rotatable bonds is 2. The summed E-state index contributed by atoms with van der Waals surface area (Å²) in [4.78, 5) is 11.2. The number of phenolic OH excluding ortho intramolecular Hbond substituents is 1. The third-order valence-electron chi connectivity index (χ3n) is 2.40. The van der Waals surface area contributed by atoms with Crippen molar-refractivity contribution in [2.45, 2.75) is 11.8 Å². The highest BCUT2D eigenvalue weighted by Crippen LogP contribution is 2.20. The molecule has 1 N–H and O–H groups in total. The van der Waals surface area contributed by atoms with E-state index < -0.39 is 15.5 Å². The number of fused-ring (bicyclic) bond motifs is 1. The summed E-state index contributed by atoms with van der Waals surface area (Å²) in [7, 11) is -3.60. The van der Waals surface area contributed by atoms with E-state index in [-0.39, 0.29) is 22.0 Å². The van der Waals surface area contributed by atoms with Crippen molar-refractivity contribution in [3.63, 3.8) is 0 Å². The second-order valence-corrected chi connectivity index (χ2v) is 5.77. The topological polar surface area (TPSA) is 84.6 Å². The molecule has 0 aliphatic rings. The first kappa shape index (κ1) is 11.7. The highest BCUT2D eigenvalue weighted by Gasteiger charge is 2.18. The van der Waals surface area contributed by atoms with Gasteiger partial charge in [0.05, 0.1) is 5.75 Å². The first-order chi connectivity index (χ1) is 7.94. The second-order valence-electron chi connectivity index (χ2n) is 3.52. The largest absolute Gasteiger partial charge is 0.508 e. The van der Waals surface area contributed by atoms with Gasteiger partial charge in [0, 0.05) is 11.5 Å². The molecular weight excluding hydrogens is 244 g/mol. The zero-order valence-electron chi connectivity index (χ0n) is 9.00. The molecule has 0 saturated carbocycles. The summed E-state index contributed by atoms with van der Waals surface area (Å²) < 4.78 is 28.1. The Kier molecular flexibility index (Phi) is 2.66. The SMILES string of the molecule is CCS(=O)(=O)c1cc2ccc(O)cc2oc1=O. The van der Waals surface area contributed by atoms with Gasteiger partial charge in [-0.2, -0.15) is 0 Å². The first-order valence-electron chi connectivity index (χ1n) is 4.93. The Morgan fingerprint density at radius 1 is 1.29 bits per heavy atom. The maximum Gasteiger partial charge on any atom is 0.355 e. The summed E-state index contributed by atoms with van der Waals surface area (Å²) >= 11 is 0. The van der Waals surface area contributed by atoms with Crippen LogP contribution in [-0.4, -0.2) is 19.3 Å². The molecule has 1 heterocycles. The second kappa shape index (κ2) is 3.89. The quantitative estimate of drug-likeness (QED) is 0.816. The highest BCUT2D eigenvalue weighted by atomic mass is 32.2. The zero-order chi connectivity index (χ0) is 12.6. The molecule has 0 fully saturated rings. The molecule has 0 aliphatic carbocycles. The maximum atomic E-state index is 11.6. The molecule has 1 aromatic heterocycles. The Morgan fingerprint density at radius 3 is 2.65 bits per heavy atom.